The first kappa shape index (κ1) is 10.5. The monoisotopic (exact) mass is 233 g/mol. The van der Waals surface area contributed by atoms with E-state index in [0.717, 1.165) is 30.4 Å². The van der Waals surface area contributed by atoms with Gasteiger partial charge < -0.3 is 9.47 Å². The van der Waals surface area contributed by atoms with Crippen molar-refractivity contribution in [2.75, 3.05) is 13.7 Å². The van der Waals surface area contributed by atoms with Crippen LogP contribution in [-0.4, -0.2) is 28.5 Å². The zero-order chi connectivity index (χ0) is 11.7. The summed E-state index contributed by atoms with van der Waals surface area (Å²) < 4.78 is 12.8. The number of hydrogen-bond donors (Lipinski definition) is 0. The van der Waals surface area contributed by atoms with Gasteiger partial charge in [0.15, 0.2) is 6.23 Å². The highest BCUT2D eigenvalue weighted by molar-refractivity contribution is 5.78. The molecule has 1 unspecified atom stereocenters. The highest BCUT2D eigenvalue weighted by Gasteiger charge is 2.18. The van der Waals surface area contributed by atoms with Gasteiger partial charge in [0.05, 0.1) is 18.8 Å². The molecule has 1 saturated heterocycles. The third-order valence-electron chi connectivity index (χ3n) is 3.09. The molecule has 1 aliphatic rings. The van der Waals surface area contributed by atoms with E-state index >= 15 is 0 Å². The molecule has 0 bridgehead atoms. The predicted octanol–water partition coefficient (Wildman–Crippen LogP) is 2.14. The van der Waals surface area contributed by atoms with E-state index < -0.39 is 0 Å². The first-order chi connectivity index (χ1) is 8.38. The first-order valence-corrected chi connectivity index (χ1v) is 5.87. The molecule has 1 aliphatic heterocycles. The minimum atomic E-state index is 0.0494. The van der Waals surface area contributed by atoms with Crippen molar-refractivity contribution >= 4 is 10.9 Å². The lowest BCUT2D eigenvalue weighted by molar-refractivity contribution is -0.0366. The molecule has 3 rings (SSSR count). The molecule has 17 heavy (non-hydrogen) atoms. The zero-order valence-electron chi connectivity index (χ0n) is 9.80. The molecule has 5 nitrogen and oxygen atoms in total. The number of pyridine rings is 1. The number of ether oxygens (including phenoxy) is 2. The molecule has 2 aromatic heterocycles. The number of rotatable bonds is 2. The minimum Gasteiger partial charge on any atom is -0.481 e. The molecule has 1 atom stereocenters. The van der Waals surface area contributed by atoms with Crippen LogP contribution in [0.3, 0.4) is 0 Å². The Morgan fingerprint density at radius 1 is 1.41 bits per heavy atom. The summed E-state index contributed by atoms with van der Waals surface area (Å²) in [6, 6.07) is 1.90. The van der Waals surface area contributed by atoms with E-state index in [1.807, 2.05) is 16.9 Å². The van der Waals surface area contributed by atoms with Gasteiger partial charge in [-0.25, -0.2) is 9.67 Å². The van der Waals surface area contributed by atoms with Gasteiger partial charge in [0.2, 0.25) is 5.88 Å². The molecular weight excluding hydrogens is 218 g/mol. The topological polar surface area (TPSA) is 49.2 Å². The number of hydrogen-bond acceptors (Lipinski definition) is 4. The lowest BCUT2D eigenvalue weighted by Crippen LogP contribution is -2.18. The molecule has 2 aromatic rings. The fourth-order valence-corrected chi connectivity index (χ4v) is 2.18. The third kappa shape index (κ3) is 1.86. The molecule has 0 aromatic carbocycles. The summed E-state index contributed by atoms with van der Waals surface area (Å²) >= 11 is 0. The average Bonchev–Trinajstić information content (AvgIpc) is 2.82. The van der Waals surface area contributed by atoms with Crippen LogP contribution in [0.15, 0.2) is 18.5 Å². The van der Waals surface area contributed by atoms with Crippen molar-refractivity contribution in [3.05, 3.63) is 18.5 Å². The molecule has 5 heteroatoms. The van der Waals surface area contributed by atoms with E-state index in [2.05, 4.69) is 10.1 Å². The van der Waals surface area contributed by atoms with Gasteiger partial charge in [-0.15, -0.1) is 0 Å². The maximum atomic E-state index is 5.74. The van der Waals surface area contributed by atoms with Crippen molar-refractivity contribution in [3.8, 4) is 5.88 Å². The van der Waals surface area contributed by atoms with Crippen molar-refractivity contribution in [1.82, 2.24) is 14.8 Å². The van der Waals surface area contributed by atoms with E-state index in [0.29, 0.717) is 5.88 Å². The molecule has 3 heterocycles. The van der Waals surface area contributed by atoms with Crippen LogP contribution in [0.5, 0.6) is 5.88 Å². The Balaban J connectivity index is 2.02. The Labute approximate surface area is 99.4 Å². The molecular formula is C12H15N3O2. The van der Waals surface area contributed by atoms with Crippen LogP contribution < -0.4 is 4.74 Å². The molecule has 0 aliphatic carbocycles. The van der Waals surface area contributed by atoms with Gasteiger partial charge >= 0.3 is 0 Å². The van der Waals surface area contributed by atoms with Gasteiger partial charge in [-0.2, -0.15) is 5.10 Å². The maximum Gasteiger partial charge on any atom is 0.215 e. The Kier molecular flexibility index (Phi) is 2.68. The largest absolute Gasteiger partial charge is 0.481 e. The Hall–Kier alpha value is -1.62. The lowest BCUT2D eigenvalue weighted by atomic mass is 10.2. The second-order valence-electron chi connectivity index (χ2n) is 4.20. The number of aromatic nitrogens is 3. The zero-order valence-corrected chi connectivity index (χ0v) is 9.80. The van der Waals surface area contributed by atoms with Gasteiger partial charge in [0, 0.05) is 24.3 Å². The number of fused-ring (bicyclic) bond motifs is 1. The van der Waals surface area contributed by atoms with E-state index in [1.165, 1.54) is 6.42 Å². The van der Waals surface area contributed by atoms with E-state index in [1.54, 1.807) is 13.3 Å². The standard InChI is InChI=1S/C12H15N3O2/c1-16-11-6-10-9(7-13-11)8-14-15(10)12-4-2-3-5-17-12/h6-8,12H,2-5H2,1H3. The fourth-order valence-electron chi connectivity index (χ4n) is 2.18. The van der Waals surface area contributed by atoms with Gasteiger partial charge in [-0.05, 0) is 19.3 Å². The van der Waals surface area contributed by atoms with Crippen LogP contribution in [0.2, 0.25) is 0 Å². The van der Waals surface area contributed by atoms with Crippen LogP contribution in [0, 0.1) is 0 Å². The molecule has 1 fully saturated rings. The Morgan fingerprint density at radius 2 is 2.35 bits per heavy atom. The lowest BCUT2D eigenvalue weighted by Gasteiger charge is -2.23. The van der Waals surface area contributed by atoms with Gasteiger partial charge in [-0.3, -0.25) is 0 Å². The highest BCUT2D eigenvalue weighted by Crippen LogP contribution is 2.27. The number of methoxy groups -OCH3 is 1. The summed E-state index contributed by atoms with van der Waals surface area (Å²) in [6.45, 7) is 0.814. The van der Waals surface area contributed by atoms with E-state index in [4.69, 9.17) is 9.47 Å². The summed E-state index contributed by atoms with van der Waals surface area (Å²) in [5.74, 6) is 0.607. The maximum absolute atomic E-state index is 5.74. The van der Waals surface area contributed by atoms with Crippen molar-refractivity contribution in [1.29, 1.82) is 0 Å². The second kappa shape index (κ2) is 4.33. The normalized spacial score (nSPS) is 20.6. The summed E-state index contributed by atoms with van der Waals surface area (Å²) in [6.07, 6.45) is 6.99. The predicted molar refractivity (Wildman–Crippen MR) is 62.9 cm³/mol. The van der Waals surface area contributed by atoms with Crippen LogP contribution >= 0.6 is 0 Å². The van der Waals surface area contributed by atoms with Gasteiger partial charge in [0.25, 0.3) is 0 Å². The van der Waals surface area contributed by atoms with Crippen molar-refractivity contribution < 1.29 is 9.47 Å². The Bertz CT molecular complexity index is 517. The van der Waals surface area contributed by atoms with Gasteiger partial charge in [-0.1, -0.05) is 0 Å². The van der Waals surface area contributed by atoms with Crippen LogP contribution in [0.1, 0.15) is 25.5 Å². The minimum absolute atomic E-state index is 0.0494. The average molecular weight is 233 g/mol. The molecule has 0 N–H and O–H groups in total. The summed E-state index contributed by atoms with van der Waals surface area (Å²) in [5.41, 5.74) is 1.02. The van der Waals surface area contributed by atoms with Crippen molar-refractivity contribution in [2.24, 2.45) is 0 Å². The van der Waals surface area contributed by atoms with E-state index in [-0.39, 0.29) is 6.23 Å². The quantitative estimate of drug-likeness (QED) is 0.797. The molecule has 0 radical (unpaired) electrons. The molecule has 0 spiro atoms. The second-order valence-corrected chi connectivity index (χ2v) is 4.20. The van der Waals surface area contributed by atoms with Crippen molar-refractivity contribution in [3.63, 3.8) is 0 Å². The van der Waals surface area contributed by atoms with Crippen LogP contribution in [0.4, 0.5) is 0 Å². The Morgan fingerprint density at radius 3 is 3.12 bits per heavy atom. The van der Waals surface area contributed by atoms with Crippen LogP contribution in [-0.2, 0) is 4.74 Å². The molecule has 90 valence electrons. The number of nitrogens with zero attached hydrogens (tertiary/aromatic N) is 3. The SMILES string of the molecule is COc1cc2c(cn1)cnn2C1CCCCO1. The third-order valence-corrected chi connectivity index (χ3v) is 3.09. The molecule has 0 amide bonds. The van der Waals surface area contributed by atoms with Gasteiger partial charge in [0.1, 0.15) is 0 Å². The van der Waals surface area contributed by atoms with E-state index in [9.17, 15) is 0 Å². The fraction of sp³-hybridized carbons (Fsp3) is 0.500. The molecule has 0 saturated carbocycles. The smallest absolute Gasteiger partial charge is 0.215 e. The summed E-state index contributed by atoms with van der Waals surface area (Å²) in [4.78, 5) is 4.17. The highest BCUT2D eigenvalue weighted by atomic mass is 16.5. The summed E-state index contributed by atoms with van der Waals surface area (Å²) in [7, 11) is 1.62. The summed E-state index contributed by atoms with van der Waals surface area (Å²) in [5, 5.41) is 5.40. The van der Waals surface area contributed by atoms with Crippen molar-refractivity contribution in [2.45, 2.75) is 25.5 Å². The van der Waals surface area contributed by atoms with Crippen LogP contribution in [0.25, 0.3) is 10.9 Å². The first-order valence-electron chi connectivity index (χ1n) is 5.87.